The predicted molar refractivity (Wildman–Crippen MR) is 164 cm³/mol. The summed E-state index contributed by atoms with van der Waals surface area (Å²) in [5.74, 6) is -1.46. The molecule has 0 unspecified atom stereocenters. The average Bonchev–Trinajstić information content (AvgIpc) is 3.76. The Labute approximate surface area is 257 Å². The summed E-state index contributed by atoms with van der Waals surface area (Å²) < 4.78 is 65.4. The van der Waals surface area contributed by atoms with E-state index in [1.165, 1.54) is 55.9 Å². The summed E-state index contributed by atoms with van der Waals surface area (Å²) in [6.07, 6.45) is -2.99. The maximum absolute atomic E-state index is 14.8. The Hall–Kier alpha value is -3.42. The van der Waals surface area contributed by atoms with E-state index in [9.17, 15) is 27.2 Å². The molecule has 1 aliphatic carbocycles. The third-order valence-corrected chi connectivity index (χ3v) is 7.34. The van der Waals surface area contributed by atoms with E-state index in [2.05, 4.69) is 15.4 Å². The Bertz CT molecular complexity index is 1530. The minimum Gasteiger partial charge on any atom is -0.454 e. The van der Waals surface area contributed by atoms with Crippen LogP contribution in [-0.2, 0) is 7.05 Å². The molecule has 1 amide bonds. The lowest BCUT2D eigenvalue weighted by Gasteiger charge is -2.26. The Morgan fingerprint density at radius 1 is 1.19 bits per heavy atom. The lowest BCUT2D eigenvalue weighted by Crippen LogP contribution is -2.32. The smallest absolute Gasteiger partial charge is 0.406 e. The second-order valence-corrected chi connectivity index (χ2v) is 10.9. The van der Waals surface area contributed by atoms with E-state index in [0.29, 0.717) is 17.7 Å². The fourth-order valence-corrected chi connectivity index (χ4v) is 5.05. The van der Waals surface area contributed by atoms with Gasteiger partial charge in [-0.25, -0.2) is 9.11 Å². The number of pyridine rings is 1. The highest BCUT2D eigenvalue weighted by molar-refractivity contribution is 7.98. The monoisotopic (exact) mass is 643 g/mol. The molecule has 8 nitrogen and oxygen atoms in total. The van der Waals surface area contributed by atoms with E-state index in [0.717, 1.165) is 17.1 Å². The number of alkyl halides is 3. The molecule has 0 aliphatic heterocycles. The Kier molecular flexibility index (Phi) is 11.4. The molecule has 14 heteroatoms. The van der Waals surface area contributed by atoms with Gasteiger partial charge in [0.25, 0.3) is 11.5 Å². The van der Waals surface area contributed by atoms with Crippen LogP contribution in [-0.4, -0.2) is 36.3 Å². The zero-order chi connectivity index (χ0) is 32.1. The average molecular weight is 644 g/mol. The van der Waals surface area contributed by atoms with E-state index >= 15 is 0 Å². The van der Waals surface area contributed by atoms with Crippen LogP contribution in [0.4, 0.5) is 34.8 Å². The minimum absolute atomic E-state index is 0.00798. The van der Waals surface area contributed by atoms with Crippen molar-refractivity contribution in [2.24, 2.45) is 7.05 Å². The number of anilines is 3. The lowest BCUT2D eigenvalue weighted by molar-refractivity contribution is -0.117. The van der Waals surface area contributed by atoms with Gasteiger partial charge in [0, 0.05) is 25.2 Å². The molecule has 43 heavy (non-hydrogen) atoms. The van der Waals surface area contributed by atoms with E-state index < -0.39 is 30.0 Å². The second-order valence-electron chi connectivity index (χ2n) is 9.54. The number of carbonyl (C=O) groups is 1. The summed E-state index contributed by atoms with van der Waals surface area (Å²) in [5.41, 5.74) is 0.0947. The predicted octanol–water partition coefficient (Wildman–Crippen LogP) is 7.40. The number of halogens is 5. The van der Waals surface area contributed by atoms with Crippen LogP contribution in [0.25, 0.3) is 0 Å². The topological polar surface area (TPSA) is 87.6 Å². The molecule has 1 saturated carbocycles. The highest BCUT2D eigenvalue weighted by atomic mass is 35.5. The van der Waals surface area contributed by atoms with E-state index in [1.807, 2.05) is 13.8 Å². The molecule has 234 valence electrons. The van der Waals surface area contributed by atoms with Crippen molar-refractivity contribution in [1.29, 1.82) is 0 Å². The third-order valence-electron chi connectivity index (χ3n) is 6.23. The molecule has 0 spiro atoms. The fourth-order valence-electron chi connectivity index (χ4n) is 4.05. The Balaban J connectivity index is 0.00000248. The van der Waals surface area contributed by atoms with Crippen LogP contribution in [0.1, 0.15) is 48.2 Å². The van der Waals surface area contributed by atoms with Crippen molar-refractivity contribution in [3.8, 4) is 11.5 Å². The van der Waals surface area contributed by atoms with Crippen molar-refractivity contribution in [3.05, 3.63) is 74.3 Å². The number of hydrogen-bond donors (Lipinski definition) is 3. The molecule has 0 radical (unpaired) electrons. The molecule has 1 aromatic heterocycles. The number of aromatic nitrogens is 1. The first-order chi connectivity index (χ1) is 20.3. The zero-order valence-electron chi connectivity index (χ0n) is 24.6. The molecular formula is C29H34ClF4N5O3S. The molecule has 3 N–H and O–H groups in total. The molecule has 0 saturated heterocycles. The van der Waals surface area contributed by atoms with Gasteiger partial charge in [0.05, 0.1) is 16.9 Å². The molecular weight excluding hydrogens is 610 g/mol. The molecule has 0 atom stereocenters. The van der Waals surface area contributed by atoms with Crippen LogP contribution in [0.3, 0.4) is 0 Å². The lowest BCUT2D eigenvalue weighted by atomic mass is 10.1. The van der Waals surface area contributed by atoms with Crippen LogP contribution < -0.4 is 30.0 Å². The minimum atomic E-state index is -4.54. The summed E-state index contributed by atoms with van der Waals surface area (Å²) >= 11 is 7.23. The van der Waals surface area contributed by atoms with Crippen LogP contribution in [0.5, 0.6) is 11.5 Å². The number of hydrogen-bond acceptors (Lipinski definition) is 7. The normalized spacial score (nSPS) is 12.7. The summed E-state index contributed by atoms with van der Waals surface area (Å²) in [4.78, 5) is 26.8. The van der Waals surface area contributed by atoms with Gasteiger partial charge in [0.2, 0.25) is 0 Å². The van der Waals surface area contributed by atoms with Gasteiger partial charge in [0.1, 0.15) is 34.5 Å². The molecule has 2 aromatic carbocycles. The van der Waals surface area contributed by atoms with Crippen LogP contribution >= 0.6 is 23.7 Å². The summed E-state index contributed by atoms with van der Waals surface area (Å²) in [7, 11) is 2.89. The largest absolute Gasteiger partial charge is 0.454 e. The van der Waals surface area contributed by atoms with Gasteiger partial charge in [-0.05, 0) is 63.6 Å². The van der Waals surface area contributed by atoms with Gasteiger partial charge in [-0.2, -0.15) is 13.2 Å². The summed E-state index contributed by atoms with van der Waals surface area (Å²) in [5, 5.41) is 5.55. The number of ether oxygens (including phenoxy) is 1. The van der Waals surface area contributed by atoms with Crippen molar-refractivity contribution in [3.63, 3.8) is 0 Å². The maximum atomic E-state index is 14.8. The van der Waals surface area contributed by atoms with E-state index in [-0.39, 0.29) is 50.9 Å². The second kappa shape index (κ2) is 14.4. The van der Waals surface area contributed by atoms with Gasteiger partial charge in [0.15, 0.2) is 5.75 Å². The summed E-state index contributed by atoms with van der Waals surface area (Å²) in [6, 6.07) is 8.62. The molecule has 3 aromatic rings. The number of nitrogens with one attached hydrogen (secondary N) is 3. The third kappa shape index (κ3) is 8.36. The number of carbonyl (C=O) groups excluding carboxylic acids is 1. The van der Waals surface area contributed by atoms with E-state index in [4.69, 9.17) is 16.3 Å². The van der Waals surface area contributed by atoms with E-state index in [1.54, 1.807) is 13.0 Å². The van der Waals surface area contributed by atoms with Crippen molar-refractivity contribution >= 4 is 46.8 Å². The highest BCUT2D eigenvalue weighted by Gasteiger charge is 2.34. The Morgan fingerprint density at radius 3 is 2.44 bits per heavy atom. The fraction of sp³-hybridized carbons (Fsp3) is 0.379. The zero-order valence-corrected chi connectivity index (χ0v) is 26.2. The van der Waals surface area contributed by atoms with Gasteiger partial charge >= 0.3 is 6.18 Å². The van der Waals surface area contributed by atoms with Crippen LogP contribution in [0.15, 0.2) is 41.2 Å². The Morgan fingerprint density at radius 2 is 1.86 bits per heavy atom. The first-order valence-electron chi connectivity index (χ1n) is 13.5. The first kappa shape index (κ1) is 34.1. The van der Waals surface area contributed by atoms with Gasteiger partial charge < -0.3 is 15.4 Å². The van der Waals surface area contributed by atoms with Crippen molar-refractivity contribution in [2.45, 2.75) is 52.8 Å². The van der Waals surface area contributed by atoms with Crippen molar-refractivity contribution in [1.82, 2.24) is 14.6 Å². The molecule has 0 bridgehead atoms. The van der Waals surface area contributed by atoms with Crippen LogP contribution in [0.2, 0.25) is 5.02 Å². The quantitative estimate of drug-likeness (QED) is 0.157. The standard InChI is InChI=1S/C27H28ClF4N5O3S.C2H6/c1-14-8-11-18(17(29)12-14)35-24-21(25(38)34-16-9-10-16)23(15(2)26(39)36(24)4)40-20-7-5-6-19(22(20)28)37(41-33-3)13-27(30,31)32;1-2/h5-8,11-12,16,33,35H,9-10,13H2,1-4H3,(H,34,38);1-2H3. The first-order valence-corrected chi connectivity index (χ1v) is 14.7. The molecule has 4 rings (SSSR count). The molecule has 1 aliphatic rings. The number of benzene rings is 2. The van der Waals surface area contributed by atoms with Gasteiger partial charge in [-0.3, -0.25) is 18.5 Å². The number of nitrogens with zero attached hydrogens (tertiary/aromatic N) is 2. The SMILES string of the molecule is CC.CNSN(CC(F)(F)F)c1cccc(Oc2c(C(=O)NC3CC3)c(Nc3ccc(C)cc3F)n(C)c(=O)c2C)c1Cl. The maximum Gasteiger partial charge on any atom is 0.406 e. The number of amides is 1. The van der Waals surface area contributed by atoms with Crippen LogP contribution in [0, 0.1) is 19.7 Å². The number of aryl methyl sites for hydroxylation is 1. The van der Waals surface area contributed by atoms with Crippen molar-refractivity contribution < 1.29 is 27.1 Å². The van der Waals surface area contributed by atoms with Crippen molar-refractivity contribution in [2.75, 3.05) is 23.2 Å². The molecule has 1 heterocycles. The highest BCUT2D eigenvalue weighted by Crippen LogP contribution is 2.42. The van der Waals surface area contributed by atoms with Gasteiger partial charge in [-0.15, -0.1) is 0 Å². The summed E-state index contributed by atoms with van der Waals surface area (Å²) in [6.45, 7) is 5.85. The number of rotatable bonds is 10. The van der Waals surface area contributed by atoms with Gasteiger partial charge in [-0.1, -0.05) is 37.6 Å². The molecule has 1 fully saturated rings.